The highest BCUT2D eigenvalue weighted by Crippen LogP contribution is 2.35. The third-order valence-electron chi connectivity index (χ3n) is 4.02. The molecule has 0 aliphatic rings. The van der Waals surface area contributed by atoms with Gasteiger partial charge in [0.2, 0.25) is 0 Å². The quantitative estimate of drug-likeness (QED) is 0.448. The Bertz CT molecular complexity index is 217. The van der Waals surface area contributed by atoms with Gasteiger partial charge >= 0.3 is 0 Å². The van der Waals surface area contributed by atoms with Crippen LogP contribution in [0.25, 0.3) is 0 Å². The molecule has 0 amide bonds. The molecule has 19 heavy (non-hydrogen) atoms. The van der Waals surface area contributed by atoms with Crippen molar-refractivity contribution in [3.63, 3.8) is 0 Å². The zero-order chi connectivity index (χ0) is 15.1. The molecule has 0 aromatic carbocycles. The summed E-state index contributed by atoms with van der Waals surface area (Å²) in [7, 11) is -1.13. The van der Waals surface area contributed by atoms with Gasteiger partial charge in [-0.25, -0.2) is 0 Å². The molecule has 0 heterocycles. The normalized spacial score (nSPS) is 15.0. The molecule has 0 bridgehead atoms. The first-order valence-electron chi connectivity index (χ1n) is 8.08. The molecule has 0 aromatic rings. The number of nitrogens with two attached hydrogens (primary N) is 1. The van der Waals surface area contributed by atoms with Gasteiger partial charge in [-0.05, 0) is 17.3 Å². The summed E-state index contributed by atoms with van der Waals surface area (Å²) < 4.78 is 0. The van der Waals surface area contributed by atoms with E-state index in [1.54, 1.807) is 0 Å². The van der Waals surface area contributed by atoms with Crippen LogP contribution in [-0.2, 0) is 0 Å². The van der Waals surface area contributed by atoms with E-state index in [1.807, 2.05) is 0 Å². The first-order valence-corrected chi connectivity index (χ1v) is 16.5. The summed E-state index contributed by atoms with van der Waals surface area (Å²) >= 11 is 0. The lowest BCUT2D eigenvalue weighted by atomic mass is 10.2. The Morgan fingerprint density at radius 1 is 0.895 bits per heavy atom. The number of hydrogen-bond acceptors (Lipinski definition) is 1. The summed E-state index contributed by atoms with van der Waals surface area (Å²) in [5.74, 6) is 0. The van der Waals surface area contributed by atoms with Gasteiger partial charge in [0.15, 0.2) is 0 Å². The van der Waals surface area contributed by atoms with Crippen LogP contribution in [0.5, 0.6) is 0 Å². The van der Waals surface area contributed by atoms with Crippen LogP contribution in [0.1, 0.15) is 39.0 Å². The molecule has 0 aromatic heterocycles. The average molecular weight is 316 g/mol. The maximum absolute atomic E-state index is 6.44. The number of hydrogen-bond donors (Lipinski definition) is 1. The highest BCUT2D eigenvalue weighted by Gasteiger charge is 2.37. The second kappa shape index (κ2) is 8.80. The van der Waals surface area contributed by atoms with E-state index in [0.29, 0.717) is 5.67 Å². The van der Waals surface area contributed by atoms with Crippen LogP contribution in [0.4, 0.5) is 0 Å². The van der Waals surface area contributed by atoms with Gasteiger partial charge in [-0.1, -0.05) is 77.9 Å². The van der Waals surface area contributed by atoms with Crippen LogP contribution in [0, 0.1) is 0 Å². The van der Waals surface area contributed by atoms with Crippen molar-refractivity contribution in [3.05, 3.63) is 0 Å². The SMILES string of the molecule is CCCCCC[Si]C(N)CC([Si](C)(C)C)[Si](C)(C)C. The summed E-state index contributed by atoms with van der Waals surface area (Å²) in [5.41, 5.74) is 6.92. The largest absolute Gasteiger partial charge is 0.331 e. The average Bonchev–Trinajstić information content (AvgIpc) is 2.22. The molecule has 0 fully saturated rings. The Morgan fingerprint density at radius 3 is 1.84 bits per heavy atom. The molecule has 114 valence electrons. The predicted octanol–water partition coefficient (Wildman–Crippen LogP) is 4.95. The predicted molar refractivity (Wildman–Crippen MR) is 97.7 cm³/mol. The molecule has 1 unspecified atom stereocenters. The minimum atomic E-state index is -1.06. The Kier molecular flexibility index (Phi) is 9.08. The maximum atomic E-state index is 6.44. The third kappa shape index (κ3) is 9.21. The highest BCUT2D eigenvalue weighted by atomic mass is 28.4. The summed E-state index contributed by atoms with van der Waals surface area (Å²) in [4.78, 5) is 0. The van der Waals surface area contributed by atoms with Crippen molar-refractivity contribution in [2.24, 2.45) is 5.73 Å². The minimum Gasteiger partial charge on any atom is -0.331 e. The lowest BCUT2D eigenvalue weighted by Gasteiger charge is -2.40. The first-order chi connectivity index (χ1) is 8.59. The highest BCUT2D eigenvalue weighted by molar-refractivity contribution is 6.96. The Hall–Kier alpha value is 0.611. The zero-order valence-corrected chi connectivity index (χ0v) is 17.5. The van der Waals surface area contributed by atoms with Crippen molar-refractivity contribution in [2.45, 2.75) is 95.2 Å². The van der Waals surface area contributed by atoms with Crippen molar-refractivity contribution in [1.82, 2.24) is 0 Å². The van der Waals surface area contributed by atoms with E-state index >= 15 is 0 Å². The molecular formula is C15H37NSi3. The topological polar surface area (TPSA) is 26.0 Å². The molecule has 0 rings (SSSR count). The van der Waals surface area contributed by atoms with E-state index in [9.17, 15) is 0 Å². The van der Waals surface area contributed by atoms with Crippen LogP contribution >= 0.6 is 0 Å². The smallest absolute Gasteiger partial charge is 0.0604 e. The fraction of sp³-hybridized carbons (Fsp3) is 1.00. The van der Waals surface area contributed by atoms with Crippen molar-refractivity contribution in [2.75, 3.05) is 0 Å². The van der Waals surface area contributed by atoms with Crippen molar-refractivity contribution in [3.8, 4) is 0 Å². The Balaban J connectivity index is 4.15. The summed E-state index contributed by atoms with van der Waals surface area (Å²) in [6, 6.07) is 1.37. The molecule has 1 atom stereocenters. The Morgan fingerprint density at radius 2 is 1.42 bits per heavy atom. The molecule has 2 N–H and O–H groups in total. The van der Waals surface area contributed by atoms with Crippen LogP contribution in [0.3, 0.4) is 0 Å². The summed E-state index contributed by atoms with van der Waals surface area (Å²) in [6.07, 6.45) is 6.83. The number of unbranched alkanes of at least 4 members (excludes halogenated alkanes) is 3. The molecule has 1 nitrogen and oxygen atoms in total. The second-order valence-corrected chi connectivity index (χ2v) is 21.2. The molecule has 4 heteroatoms. The van der Waals surface area contributed by atoms with E-state index < -0.39 is 16.1 Å². The monoisotopic (exact) mass is 315 g/mol. The van der Waals surface area contributed by atoms with Crippen LogP contribution < -0.4 is 5.73 Å². The molecular weight excluding hydrogens is 278 g/mol. The van der Waals surface area contributed by atoms with Crippen molar-refractivity contribution in [1.29, 1.82) is 0 Å². The van der Waals surface area contributed by atoms with E-state index in [0.717, 1.165) is 14.7 Å². The van der Waals surface area contributed by atoms with E-state index in [1.165, 1.54) is 38.1 Å². The van der Waals surface area contributed by atoms with Gasteiger partial charge in [0, 0.05) is 16.1 Å². The standard InChI is InChI=1S/C15H37NSi3/c1-8-9-10-11-12-17-14(16)13-15(18(2,3)4)19(5,6)7/h14-15H,8-13,16H2,1-7H3. The van der Waals surface area contributed by atoms with Gasteiger partial charge in [0.25, 0.3) is 0 Å². The van der Waals surface area contributed by atoms with E-state index in [2.05, 4.69) is 46.2 Å². The zero-order valence-electron chi connectivity index (χ0n) is 14.5. The molecule has 0 saturated carbocycles. The van der Waals surface area contributed by atoms with Gasteiger partial charge in [-0.2, -0.15) is 0 Å². The van der Waals surface area contributed by atoms with Crippen LogP contribution in [0.2, 0.25) is 50.5 Å². The molecule has 0 aliphatic carbocycles. The minimum absolute atomic E-state index is 0.477. The third-order valence-corrected chi connectivity index (χ3v) is 15.3. The van der Waals surface area contributed by atoms with Crippen LogP contribution in [0.15, 0.2) is 0 Å². The summed E-state index contributed by atoms with van der Waals surface area (Å²) in [6.45, 7) is 17.5. The van der Waals surface area contributed by atoms with Gasteiger partial charge in [-0.3, -0.25) is 0 Å². The first kappa shape index (κ1) is 19.6. The summed E-state index contributed by atoms with van der Waals surface area (Å²) in [5, 5.41) is 0.971. The van der Waals surface area contributed by atoms with Crippen molar-refractivity contribution >= 4 is 25.7 Å². The molecule has 2 radical (unpaired) electrons. The van der Waals surface area contributed by atoms with E-state index in [-0.39, 0.29) is 0 Å². The molecule has 0 spiro atoms. The van der Waals surface area contributed by atoms with E-state index in [4.69, 9.17) is 5.73 Å². The van der Waals surface area contributed by atoms with Gasteiger partial charge in [0.1, 0.15) is 0 Å². The van der Waals surface area contributed by atoms with Gasteiger partial charge < -0.3 is 5.73 Å². The van der Waals surface area contributed by atoms with Gasteiger partial charge in [0.05, 0.1) is 9.52 Å². The van der Waals surface area contributed by atoms with Crippen LogP contribution in [-0.4, -0.2) is 31.3 Å². The number of rotatable bonds is 10. The fourth-order valence-electron chi connectivity index (χ4n) is 3.18. The lowest BCUT2D eigenvalue weighted by Crippen LogP contribution is -2.47. The Labute approximate surface area is 127 Å². The second-order valence-electron chi connectivity index (χ2n) is 8.14. The van der Waals surface area contributed by atoms with Gasteiger partial charge in [-0.15, -0.1) is 0 Å². The maximum Gasteiger partial charge on any atom is 0.0604 e. The molecule has 0 aliphatic heterocycles. The fourth-order valence-corrected chi connectivity index (χ4v) is 17.2. The molecule has 0 saturated heterocycles. The lowest BCUT2D eigenvalue weighted by molar-refractivity contribution is 0.694. The van der Waals surface area contributed by atoms with Crippen molar-refractivity contribution < 1.29 is 0 Å².